The minimum atomic E-state index is -0.470. The molecule has 0 aliphatic carbocycles. The van der Waals surface area contributed by atoms with E-state index in [-0.39, 0.29) is 16.8 Å². The summed E-state index contributed by atoms with van der Waals surface area (Å²) in [5.74, 6) is -0.663. The average molecular weight is 319 g/mol. The van der Waals surface area contributed by atoms with Crippen LogP contribution < -0.4 is 4.72 Å². The highest BCUT2D eigenvalue weighted by molar-refractivity contribution is 7.98. The van der Waals surface area contributed by atoms with Gasteiger partial charge in [0, 0.05) is 17.2 Å². The monoisotopic (exact) mass is 319 g/mol. The summed E-state index contributed by atoms with van der Waals surface area (Å²) in [4.78, 5) is 11.6. The highest BCUT2D eigenvalue weighted by Crippen LogP contribution is 2.30. The first-order chi connectivity index (χ1) is 9.80. The second-order valence-corrected chi connectivity index (χ2v) is 7.97. The molecule has 0 amide bonds. The van der Waals surface area contributed by atoms with Crippen molar-refractivity contribution in [2.45, 2.75) is 70.0 Å². The lowest BCUT2D eigenvalue weighted by molar-refractivity contribution is -0.165. The normalized spacial score (nSPS) is 19.5. The van der Waals surface area contributed by atoms with Gasteiger partial charge >= 0.3 is 5.97 Å². The van der Waals surface area contributed by atoms with Gasteiger partial charge in [-0.2, -0.15) is 0 Å². The summed E-state index contributed by atoms with van der Waals surface area (Å²) < 4.78 is 19.8. The van der Waals surface area contributed by atoms with E-state index < -0.39 is 5.79 Å². The van der Waals surface area contributed by atoms with Crippen molar-refractivity contribution in [2.75, 3.05) is 20.3 Å². The third-order valence-corrected chi connectivity index (χ3v) is 4.46. The topological polar surface area (TPSA) is 56.8 Å². The molecule has 1 heterocycles. The number of rotatable bonds is 8. The largest absolute Gasteiger partial charge is 0.469 e. The van der Waals surface area contributed by atoms with E-state index in [2.05, 4.69) is 32.4 Å². The lowest BCUT2D eigenvalue weighted by Crippen LogP contribution is -2.35. The zero-order valence-electron chi connectivity index (χ0n) is 13.9. The summed E-state index contributed by atoms with van der Waals surface area (Å²) in [6.45, 7) is 9.78. The Hall–Kier alpha value is -0.300. The molecule has 1 atom stereocenters. The standard InChI is InChI=1S/C15H29NO4S/c1-6-15(19-9-10-20-15)8-7-12(11-13(17)18-5)16-21-14(2,3)4/h12,16H,6-11H2,1-5H3/t12-/m0/s1. The molecule has 1 fully saturated rings. The zero-order valence-corrected chi connectivity index (χ0v) is 14.7. The van der Waals surface area contributed by atoms with Crippen LogP contribution in [0.25, 0.3) is 0 Å². The predicted octanol–water partition coefficient (Wildman–Crippen LogP) is 2.89. The molecule has 1 aliphatic rings. The summed E-state index contributed by atoms with van der Waals surface area (Å²) in [6, 6.07) is 0.0536. The summed E-state index contributed by atoms with van der Waals surface area (Å²) >= 11 is 1.64. The molecule has 0 bridgehead atoms. The first-order valence-corrected chi connectivity index (χ1v) is 8.40. The van der Waals surface area contributed by atoms with Gasteiger partial charge in [-0.25, -0.2) is 0 Å². The molecule has 1 saturated heterocycles. The van der Waals surface area contributed by atoms with Crippen molar-refractivity contribution >= 4 is 17.9 Å². The Kier molecular flexibility index (Phi) is 7.47. The van der Waals surface area contributed by atoms with Crippen LogP contribution in [0.4, 0.5) is 0 Å². The Morgan fingerprint density at radius 3 is 2.48 bits per heavy atom. The van der Waals surface area contributed by atoms with Crippen LogP contribution in [0.5, 0.6) is 0 Å². The number of carbonyl (C=O) groups excluding carboxylic acids is 1. The van der Waals surface area contributed by atoms with Crippen molar-refractivity contribution in [1.82, 2.24) is 4.72 Å². The molecule has 0 spiro atoms. The number of hydrogen-bond donors (Lipinski definition) is 1. The van der Waals surface area contributed by atoms with Gasteiger partial charge in [-0.3, -0.25) is 9.52 Å². The zero-order chi connectivity index (χ0) is 15.9. The number of nitrogens with one attached hydrogen (secondary N) is 1. The van der Waals surface area contributed by atoms with Crippen molar-refractivity contribution in [3.8, 4) is 0 Å². The Morgan fingerprint density at radius 1 is 1.38 bits per heavy atom. The van der Waals surface area contributed by atoms with E-state index in [4.69, 9.17) is 14.2 Å². The van der Waals surface area contributed by atoms with Gasteiger partial charge in [0.1, 0.15) is 0 Å². The van der Waals surface area contributed by atoms with Gasteiger partial charge in [-0.1, -0.05) is 18.9 Å². The molecule has 1 rings (SSSR count). The lowest BCUT2D eigenvalue weighted by Gasteiger charge is -2.29. The van der Waals surface area contributed by atoms with Crippen molar-refractivity contribution in [3.63, 3.8) is 0 Å². The van der Waals surface area contributed by atoms with Gasteiger partial charge in [-0.05, 0) is 33.6 Å². The minimum absolute atomic E-state index is 0.0536. The highest BCUT2D eigenvalue weighted by Gasteiger charge is 2.35. The van der Waals surface area contributed by atoms with Crippen LogP contribution in [-0.2, 0) is 19.0 Å². The molecule has 1 N–H and O–H groups in total. The second-order valence-electron chi connectivity index (χ2n) is 6.31. The van der Waals surface area contributed by atoms with Crippen LogP contribution in [0.3, 0.4) is 0 Å². The summed E-state index contributed by atoms with van der Waals surface area (Å²) in [5, 5.41) is 0. The van der Waals surface area contributed by atoms with Gasteiger partial charge in [0.15, 0.2) is 5.79 Å². The molecule has 0 aromatic rings. The SMILES string of the molecule is CCC1(CC[C@@H](CC(=O)OC)NSC(C)(C)C)OCCO1. The van der Waals surface area contributed by atoms with Crippen molar-refractivity contribution < 1.29 is 19.0 Å². The summed E-state index contributed by atoms with van der Waals surface area (Å²) in [5.41, 5.74) is 0. The van der Waals surface area contributed by atoms with Crippen molar-refractivity contribution in [1.29, 1.82) is 0 Å². The van der Waals surface area contributed by atoms with Crippen LogP contribution in [-0.4, -0.2) is 42.9 Å². The molecular formula is C15H29NO4S. The minimum Gasteiger partial charge on any atom is -0.469 e. The average Bonchev–Trinajstić information content (AvgIpc) is 2.90. The molecule has 1 aliphatic heterocycles. The summed E-state index contributed by atoms with van der Waals surface area (Å²) in [6.07, 6.45) is 2.78. The lowest BCUT2D eigenvalue weighted by atomic mass is 10.0. The van der Waals surface area contributed by atoms with E-state index in [1.165, 1.54) is 7.11 Å². The summed E-state index contributed by atoms with van der Waals surface area (Å²) in [7, 11) is 1.42. The fourth-order valence-electron chi connectivity index (χ4n) is 2.16. The second kappa shape index (κ2) is 8.36. The van der Waals surface area contributed by atoms with Crippen molar-refractivity contribution in [3.05, 3.63) is 0 Å². The third kappa shape index (κ3) is 7.00. The van der Waals surface area contributed by atoms with Crippen LogP contribution in [0.1, 0.15) is 53.4 Å². The molecule has 0 saturated carbocycles. The van der Waals surface area contributed by atoms with Crippen LogP contribution >= 0.6 is 11.9 Å². The van der Waals surface area contributed by atoms with Gasteiger partial charge < -0.3 is 14.2 Å². The molecular weight excluding hydrogens is 290 g/mol. The number of methoxy groups -OCH3 is 1. The van der Waals surface area contributed by atoms with Crippen molar-refractivity contribution in [2.24, 2.45) is 0 Å². The Morgan fingerprint density at radius 2 is 2.00 bits per heavy atom. The van der Waals surface area contributed by atoms with E-state index in [0.717, 1.165) is 19.3 Å². The molecule has 21 heavy (non-hydrogen) atoms. The molecule has 5 nitrogen and oxygen atoms in total. The molecule has 0 radical (unpaired) electrons. The van der Waals surface area contributed by atoms with E-state index >= 15 is 0 Å². The molecule has 6 heteroatoms. The fourth-order valence-corrected chi connectivity index (χ4v) is 2.89. The maximum Gasteiger partial charge on any atom is 0.307 e. The van der Waals surface area contributed by atoms with Crippen LogP contribution in [0.15, 0.2) is 0 Å². The first kappa shape index (κ1) is 18.7. The predicted molar refractivity (Wildman–Crippen MR) is 85.1 cm³/mol. The molecule has 0 aromatic heterocycles. The van der Waals surface area contributed by atoms with Gasteiger partial charge in [-0.15, -0.1) is 0 Å². The van der Waals surface area contributed by atoms with E-state index in [9.17, 15) is 4.79 Å². The molecule has 124 valence electrons. The number of esters is 1. The number of carbonyl (C=O) groups is 1. The van der Waals surface area contributed by atoms with Gasteiger partial charge in [0.05, 0.1) is 26.7 Å². The quantitative estimate of drug-likeness (QED) is 0.548. The Bertz CT molecular complexity index is 324. The molecule has 0 unspecified atom stereocenters. The van der Waals surface area contributed by atoms with E-state index in [1.807, 2.05) is 0 Å². The number of ether oxygens (including phenoxy) is 3. The third-order valence-electron chi connectivity index (χ3n) is 3.40. The van der Waals surface area contributed by atoms with Gasteiger partial charge in [0.25, 0.3) is 0 Å². The Labute approximate surface area is 132 Å². The Balaban J connectivity index is 2.52. The van der Waals surface area contributed by atoms with Crippen LogP contribution in [0.2, 0.25) is 0 Å². The maximum atomic E-state index is 11.6. The van der Waals surface area contributed by atoms with Crippen LogP contribution in [0, 0.1) is 0 Å². The van der Waals surface area contributed by atoms with Gasteiger partial charge in [0.2, 0.25) is 0 Å². The first-order valence-electron chi connectivity index (χ1n) is 7.58. The fraction of sp³-hybridized carbons (Fsp3) is 0.933. The number of hydrogen-bond acceptors (Lipinski definition) is 6. The molecule has 0 aromatic carbocycles. The maximum absolute atomic E-state index is 11.6. The van der Waals surface area contributed by atoms with E-state index in [1.54, 1.807) is 11.9 Å². The highest BCUT2D eigenvalue weighted by atomic mass is 32.2. The van der Waals surface area contributed by atoms with E-state index in [0.29, 0.717) is 19.6 Å². The smallest absolute Gasteiger partial charge is 0.307 e.